The highest BCUT2D eigenvalue weighted by Gasteiger charge is 2.25. The summed E-state index contributed by atoms with van der Waals surface area (Å²) in [5.74, 6) is -0.0184. The van der Waals surface area contributed by atoms with Crippen molar-refractivity contribution in [3.63, 3.8) is 0 Å². The van der Waals surface area contributed by atoms with E-state index in [2.05, 4.69) is 11.4 Å². The highest BCUT2D eigenvalue weighted by molar-refractivity contribution is 7.89. The predicted molar refractivity (Wildman–Crippen MR) is 123 cm³/mol. The second-order valence-electron chi connectivity index (χ2n) is 8.69. The summed E-state index contributed by atoms with van der Waals surface area (Å²) >= 11 is 0. The first-order chi connectivity index (χ1) is 15.0. The lowest BCUT2D eigenvalue weighted by molar-refractivity contribution is -0.121. The van der Waals surface area contributed by atoms with E-state index >= 15 is 0 Å². The highest BCUT2D eigenvalue weighted by atomic mass is 32.2. The molecule has 6 nitrogen and oxygen atoms in total. The maximum Gasteiger partial charge on any atom is 0.243 e. The largest absolute Gasteiger partial charge is 0.354 e. The lowest BCUT2D eigenvalue weighted by Crippen LogP contribution is -2.31. The topological polar surface area (TPSA) is 71.4 Å². The molecule has 2 heterocycles. The van der Waals surface area contributed by atoms with E-state index in [9.17, 15) is 13.2 Å². The first kappa shape index (κ1) is 22.1. The van der Waals surface area contributed by atoms with Gasteiger partial charge in [0.05, 0.1) is 4.90 Å². The van der Waals surface area contributed by atoms with Crippen LogP contribution in [0, 0.1) is 0 Å². The number of allylic oxidation sites excluding steroid dienone is 1. The van der Waals surface area contributed by atoms with Gasteiger partial charge in [-0.3, -0.25) is 4.79 Å². The second kappa shape index (κ2) is 10.0. The van der Waals surface area contributed by atoms with Crippen molar-refractivity contribution >= 4 is 26.8 Å². The quantitative estimate of drug-likeness (QED) is 0.652. The van der Waals surface area contributed by atoms with Crippen LogP contribution >= 0.6 is 0 Å². The van der Waals surface area contributed by atoms with Crippen molar-refractivity contribution in [3.05, 3.63) is 42.1 Å². The smallest absolute Gasteiger partial charge is 0.243 e. The van der Waals surface area contributed by atoms with E-state index < -0.39 is 10.0 Å². The van der Waals surface area contributed by atoms with Crippen LogP contribution in [0.3, 0.4) is 0 Å². The van der Waals surface area contributed by atoms with Gasteiger partial charge in [-0.05, 0) is 69.2 Å². The van der Waals surface area contributed by atoms with E-state index in [4.69, 9.17) is 0 Å². The van der Waals surface area contributed by atoms with Crippen LogP contribution in [0.1, 0.15) is 57.8 Å². The third-order valence-electron chi connectivity index (χ3n) is 6.41. The number of rotatable bonds is 7. The number of carbonyl (C=O) groups is 1. The maximum atomic E-state index is 13.1. The van der Waals surface area contributed by atoms with Gasteiger partial charge < -0.3 is 9.88 Å². The molecule has 2 aliphatic rings. The van der Waals surface area contributed by atoms with Gasteiger partial charge in [-0.2, -0.15) is 4.31 Å². The zero-order chi connectivity index (χ0) is 21.7. The molecule has 1 N–H and O–H groups in total. The summed E-state index contributed by atoms with van der Waals surface area (Å²) in [4.78, 5) is 12.7. The molecule has 0 spiro atoms. The van der Waals surface area contributed by atoms with Crippen molar-refractivity contribution in [2.45, 2.75) is 69.2 Å². The molecule has 1 aromatic carbocycles. The van der Waals surface area contributed by atoms with Gasteiger partial charge in [-0.1, -0.05) is 24.5 Å². The number of hydrogen-bond donors (Lipinski definition) is 1. The lowest BCUT2D eigenvalue weighted by atomic mass is 9.97. The summed E-state index contributed by atoms with van der Waals surface area (Å²) in [6.07, 6.45) is 14.0. The van der Waals surface area contributed by atoms with Crippen LogP contribution in [0.4, 0.5) is 0 Å². The summed E-state index contributed by atoms with van der Waals surface area (Å²) in [5, 5.41) is 3.86. The van der Waals surface area contributed by atoms with Gasteiger partial charge in [-0.25, -0.2) is 8.42 Å². The normalized spacial score (nSPS) is 18.5. The Bertz CT molecular complexity index is 1050. The minimum atomic E-state index is -3.47. The van der Waals surface area contributed by atoms with E-state index in [1.807, 2.05) is 22.9 Å². The molecule has 31 heavy (non-hydrogen) atoms. The zero-order valence-electron chi connectivity index (χ0n) is 18.2. The highest BCUT2D eigenvalue weighted by Crippen LogP contribution is 2.25. The van der Waals surface area contributed by atoms with Gasteiger partial charge in [0.2, 0.25) is 15.9 Å². The van der Waals surface area contributed by atoms with E-state index in [-0.39, 0.29) is 12.5 Å². The van der Waals surface area contributed by atoms with Gasteiger partial charge in [0, 0.05) is 36.7 Å². The fraction of sp³-hybridized carbons (Fsp3) is 0.542. The first-order valence-electron chi connectivity index (χ1n) is 11.6. The SMILES string of the molecule is O=C(Cn1ccc2cc(S(=O)(=O)N3CCCCCC3)ccc21)NCCC1=CCCCC1. The van der Waals surface area contributed by atoms with Gasteiger partial charge in [0.1, 0.15) is 6.54 Å². The number of nitrogens with zero attached hydrogens (tertiary/aromatic N) is 2. The van der Waals surface area contributed by atoms with E-state index in [0.717, 1.165) is 55.8 Å². The second-order valence-corrected chi connectivity index (χ2v) is 10.6. The molecule has 7 heteroatoms. The Kier molecular flexibility index (Phi) is 7.13. The van der Waals surface area contributed by atoms with Crippen LogP contribution in [-0.4, -0.2) is 42.8 Å². The molecule has 0 radical (unpaired) electrons. The predicted octanol–water partition coefficient (Wildman–Crippen LogP) is 4.21. The first-order valence-corrected chi connectivity index (χ1v) is 13.0. The zero-order valence-corrected chi connectivity index (χ0v) is 19.0. The van der Waals surface area contributed by atoms with Crippen molar-refractivity contribution in [1.29, 1.82) is 0 Å². The Labute approximate surface area is 185 Å². The van der Waals surface area contributed by atoms with Crippen molar-refractivity contribution in [1.82, 2.24) is 14.2 Å². The molecular formula is C24H33N3O3S. The Balaban J connectivity index is 1.40. The number of nitrogens with one attached hydrogen (secondary N) is 1. The molecule has 4 rings (SSSR count). The van der Waals surface area contributed by atoms with Crippen molar-refractivity contribution in [2.24, 2.45) is 0 Å². The molecule has 1 fully saturated rings. The van der Waals surface area contributed by atoms with Gasteiger partial charge in [0.15, 0.2) is 0 Å². The molecule has 1 amide bonds. The van der Waals surface area contributed by atoms with Crippen LogP contribution < -0.4 is 5.32 Å². The molecule has 2 aromatic rings. The minimum Gasteiger partial charge on any atom is -0.354 e. The third-order valence-corrected chi connectivity index (χ3v) is 8.31. The summed E-state index contributed by atoms with van der Waals surface area (Å²) in [6.45, 7) is 2.10. The molecule has 168 valence electrons. The maximum absolute atomic E-state index is 13.1. The fourth-order valence-electron chi connectivity index (χ4n) is 4.61. The standard InChI is InChI=1S/C24H33N3O3S/c28-24(25-14-12-20-8-4-3-5-9-20)19-26-17-13-21-18-22(10-11-23(21)26)31(29,30)27-15-6-1-2-7-16-27/h8,10-11,13,17-18H,1-7,9,12,14-16,19H2,(H,25,28). The Morgan fingerprint density at radius 2 is 1.81 bits per heavy atom. The van der Waals surface area contributed by atoms with Gasteiger partial charge in [0.25, 0.3) is 0 Å². The lowest BCUT2D eigenvalue weighted by Gasteiger charge is -2.20. The molecule has 0 bridgehead atoms. The molecule has 0 atom stereocenters. The molecule has 0 saturated carbocycles. The molecule has 0 unspecified atom stereocenters. The van der Waals surface area contributed by atoms with Crippen LogP contribution in [0.15, 0.2) is 47.0 Å². The number of carbonyl (C=O) groups excluding carboxylic acids is 1. The van der Waals surface area contributed by atoms with Gasteiger partial charge >= 0.3 is 0 Å². The monoisotopic (exact) mass is 443 g/mol. The van der Waals surface area contributed by atoms with E-state index in [1.165, 1.54) is 18.4 Å². The molecule has 1 aromatic heterocycles. The average molecular weight is 444 g/mol. The fourth-order valence-corrected chi connectivity index (χ4v) is 6.17. The van der Waals surface area contributed by atoms with Crippen LogP contribution in [0.25, 0.3) is 10.9 Å². The molecule has 1 aliphatic heterocycles. The van der Waals surface area contributed by atoms with Crippen molar-refractivity contribution < 1.29 is 13.2 Å². The van der Waals surface area contributed by atoms with Crippen molar-refractivity contribution in [3.8, 4) is 0 Å². The minimum absolute atomic E-state index is 0.0184. The Morgan fingerprint density at radius 3 is 2.55 bits per heavy atom. The number of fused-ring (bicyclic) bond motifs is 1. The average Bonchev–Trinajstić information content (AvgIpc) is 2.98. The molecular weight excluding hydrogens is 410 g/mol. The van der Waals surface area contributed by atoms with E-state index in [1.54, 1.807) is 16.4 Å². The van der Waals surface area contributed by atoms with Crippen LogP contribution in [0.5, 0.6) is 0 Å². The summed E-state index contributed by atoms with van der Waals surface area (Å²) in [7, 11) is -3.47. The molecule has 1 saturated heterocycles. The number of hydrogen-bond acceptors (Lipinski definition) is 3. The summed E-state index contributed by atoms with van der Waals surface area (Å²) in [5.41, 5.74) is 2.33. The number of amides is 1. The summed E-state index contributed by atoms with van der Waals surface area (Å²) < 4.78 is 29.6. The summed E-state index contributed by atoms with van der Waals surface area (Å²) in [6, 6.07) is 7.11. The number of aromatic nitrogens is 1. The van der Waals surface area contributed by atoms with E-state index in [0.29, 0.717) is 24.5 Å². The third kappa shape index (κ3) is 5.39. The number of sulfonamides is 1. The van der Waals surface area contributed by atoms with Crippen molar-refractivity contribution in [2.75, 3.05) is 19.6 Å². The van der Waals surface area contributed by atoms with Crippen LogP contribution in [-0.2, 0) is 21.4 Å². The Hall–Kier alpha value is -2.12. The molecule has 1 aliphatic carbocycles. The number of benzene rings is 1. The Morgan fingerprint density at radius 1 is 1.00 bits per heavy atom. The van der Waals surface area contributed by atoms with Crippen LogP contribution in [0.2, 0.25) is 0 Å². The van der Waals surface area contributed by atoms with Gasteiger partial charge in [-0.15, -0.1) is 0 Å².